The van der Waals surface area contributed by atoms with Crippen molar-refractivity contribution < 1.29 is 12.8 Å². The number of rotatable bonds is 4. The number of sulfonamides is 1. The molecule has 1 aliphatic heterocycles. The summed E-state index contributed by atoms with van der Waals surface area (Å²) in [5.41, 5.74) is 5.47. The number of nitrogens with zero attached hydrogens (tertiary/aromatic N) is 2. The molecule has 1 unspecified atom stereocenters. The Hall–Kier alpha value is -1.51. The molecule has 1 aromatic rings. The quantitative estimate of drug-likeness (QED) is 0.624. The molecule has 0 aromatic heterocycles. The molecule has 1 fully saturated rings. The van der Waals surface area contributed by atoms with Crippen molar-refractivity contribution in [2.24, 2.45) is 5.73 Å². The molecular weight excluding hydrogens is 295 g/mol. The maximum absolute atomic E-state index is 12.9. The molecule has 0 radical (unpaired) electrons. The second-order valence-electron chi connectivity index (χ2n) is 5.03. The lowest BCUT2D eigenvalue weighted by molar-refractivity contribution is 0.173. The highest BCUT2D eigenvalue weighted by molar-refractivity contribution is 7.89. The van der Waals surface area contributed by atoms with E-state index in [4.69, 9.17) is 11.1 Å². The zero-order valence-corrected chi connectivity index (χ0v) is 12.6. The highest BCUT2D eigenvalue weighted by Crippen LogP contribution is 2.18. The van der Waals surface area contributed by atoms with E-state index in [2.05, 4.69) is 0 Å². The molecule has 1 aliphatic rings. The van der Waals surface area contributed by atoms with Crippen LogP contribution in [-0.4, -0.2) is 55.7 Å². The topological polar surface area (TPSA) is 90.5 Å². The average Bonchev–Trinajstić information content (AvgIpc) is 2.47. The van der Waals surface area contributed by atoms with Crippen LogP contribution in [0.2, 0.25) is 0 Å². The van der Waals surface area contributed by atoms with E-state index in [0.717, 1.165) is 12.1 Å². The van der Waals surface area contributed by atoms with Crippen molar-refractivity contribution >= 4 is 15.9 Å². The first-order valence-corrected chi connectivity index (χ1v) is 8.10. The van der Waals surface area contributed by atoms with Crippen LogP contribution in [0.1, 0.15) is 6.92 Å². The minimum absolute atomic E-state index is 0.0739. The first kappa shape index (κ1) is 15.9. The summed E-state index contributed by atoms with van der Waals surface area (Å²) < 4.78 is 39.1. The average molecular weight is 314 g/mol. The van der Waals surface area contributed by atoms with Gasteiger partial charge in [0.15, 0.2) is 0 Å². The molecule has 21 heavy (non-hydrogen) atoms. The van der Waals surface area contributed by atoms with Crippen molar-refractivity contribution in [1.29, 1.82) is 5.41 Å². The Kier molecular flexibility index (Phi) is 4.60. The predicted molar refractivity (Wildman–Crippen MR) is 78.1 cm³/mol. The van der Waals surface area contributed by atoms with Crippen LogP contribution in [0, 0.1) is 11.2 Å². The van der Waals surface area contributed by atoms with E-state index in [9.17, 15) is 12.8 Å². The van der Waals surface area contributed by atoms with Gasteiger partial charge in [0.25, 0.3) is 0 Å². The predicted octanol–water partition coefficient (Wildman–Crippen LogP) is 0.456. The van der Waals surface area contributed by atoms with E-state index in [1.807, 2.05) is 11.8 Å². The highest BCUT2D eigenvalue weighted by Gasteiger charge is 2.30. The van der Waals surface area contributed by atoms with Crippen LogP contribution in [0.3, 0.4) is 0 Å². The molecule has 8 heteroatoms. The third-order valence-electron chi connectivity index (χ3n) is 3.72. The molecular formula is C13H19FN4O2S. The first-order chi connectivity index (χ1) is 9.82. The van der Waals surface area contributed by atoms with Gasteiger partial charge in [-0.15, -0.1) is 0 Å². The maximum Gasteiger partial charge on any atom is 0.243 e. The fraction of sp³-hybridized carbons (Fsp3) is 0.462. The normalized spacial score (nSPS) is 19.3. The summed E-state index contributed by atoms with van der Waals surface area (Å²) in [5.74, 6) is -0.390. The van der Waals surface area contributed by atoms with Crippen LogP contribution in [0.4, 0.5) is 4.39 Å². The van der Waals surface area contributed by atoms with Crippen LogP contribution in [-0.2, 0) is 10.0 Å². The zero-order valence-electron chi connectivity index (χ0n) is 11.8. The highest BCUT2D eigenvalue weighted by atomic mass is 32.2. The number of halogens is 1. The fourth-order valence-electron chi connectivity index (χ4n) is 2.28. The summed E-state index contributed by atoms with van der Waals surface area (Å²) in [6.07, 6.45) is 0. The fourth-order valence-corrected chi connectivity index (χ4v) is 3.71. The summed E-state index contributed by atoms with van der Waals surface area (Å²) in [6.45, 7) is 3.52. The van der Waals surface area contributed by atoms with Gasteiger partial charge < -0.3 is 5.73 Å². The van der Waals surface area contributed by atoms with Crippen LogP contribution in [0.5, 0.6) is 0 Å². The van der Waals surface area contributed by atoms with E-state index in [-0.39, 0.29) is 16.8 Å². The molecule has 1 heterocycles. The van der Waals surface area contributed by atoms with Crippen LogP contribution < -0.4 is 5.73 Å². The van der Waals surface area contributed by atoms with Crippen LogP contribution in [0.25, 0.3) is 0 Å². The number of nitrogens with two attached hydrogens (primary N) is 1. The Morgan fingerprint density at radius 2 is 1.76 bits per heavy atom. The molecule has 116 valence electrons. The number of hydrogen-bond acceptors (Lipinski definition) is 4. The lowest BCUT2D eigenvalue weighted by Gasteiger charge is -2.36. The largest absolute Gasteiger partial charge is 0.386 e. The van der Waals surface area contributed by atoms with Crippen molar-refractivity contribution in [3.63, 3.8) is 0 Å². The summed E-state index contributed by atoms with van der Waals surface area (Å²) in [6, 6.07) is 4.63. The SMILES string of the molecule is CC(C(=N)N)N1CCN(S(=O)(=O)c2ccc(F)cc2)CC1. The summed E-state index contributed by atoms with van der Waals surface area (Å²) in [4.78, 5) is 2.07. The van der Waals surface area contributed by atoms with Crippen molar-refractivity contribution in [1.82, 2.24) is 9.21 Å². The smallest absolute Gasteiger partial charge is 0.243 e. The lowest BCUT2D eigenvalue weighted by atomic mass is 10.2. The molecule has 0 amide bonds. The standard InChI is InChI=1S/C13H19FN4O2S/c1-10(13(15)16)17-6-8-18(9-7-17)21(19,20)12-4-2-11(14)3-5-12/h2-5,10H,6-9H2,1H3,(H3,15,16). The molecule has 1 atom stereocenters. The molecule has 1 saturated heterocycles. The van der Waals surface area contributed by atoms with Crippen molar-refractivity contribution in [3.8, 4) is 0 Å². The van der Waals surface area contributed by atoms with Gasteiger partial charge in [0.2, 0.25) is 10.0 Å². The van der Waals surface area contributed by atoms with Crippen LogP contribution in [0.15, 0.2) is 29.2 Å². The van der Waals surface area contributed by atoms with Gasteiger partial charge in [-0.1, -0.05) is 0 Å². The molecule has 2 rings (SSSR count). The molecule has 3 N–H and O–H groups in total. The Morgan fingerprint density at radius 1 is 1.24 bits per heavy atom. The Balaban J connectivity index is 2.07. The zero-order chi connectivity index (χ0) is 15.6. The van der Waals surface area contributed by atoms with Gasteiger partial charge in [-0.25, -0.2) is 12.8 Å². The van der Waals surface area contributed by atoms with Gasteiger partial charge in [-0.05, 0) is 31.2 Å². The third kappa shape index (κ3) is 3.39. The van der Waals surface area contributed by atoms with E-state index in [0.29, 0.717) is 26.2 Å². The number of piperazine rings is 1. The van der Waals surface area contributed by atoms with E-state index < -0.39 is 15.8 Å². The minimum Gasteiger partial charge on any atom is -0.386 e. The Labute approximate surface area is 123 Å². The molecule has 0 saturated carbocycles. The van der Waals surface area contributed by atoms with Crippen LogP contribution >= 0.6 is 0 Å². The number of amidine groups is 1. The van der Waals surface area contributed by atoms with Gasteiger partial charge >= 0.3 is 0 Å². The lowest BCUT2D eigenvalue weighted by Crippen LogP contribution is -2.54. The van der Waals surface area contributed by atoms with Gasteiger partial charge in [-0.2, -0.15) is 4.31 Å². The summed E-state index contributed by atoms with van der Waals surface area (Å²) in [7, 11) is -3.59. The Bertz CT molecular complexity index is 610. The molecule has 1 aromatic carbocycles. The number of benzene rings is 1. The Morgan fingerprint density at radius 3 is 2.24 bits per heavy atom. The monoisotopic (exact) mass is 314 g/mol. The van der Waals surface area contributed by atoms with Gasteiger partial charge in [0, 0.05) is 26.2 Å². The second kappa shape index (κ2) is 6.08. The van der Waals surface area contributed by atoms with Crippen molar-refractivity contribution in [2.45, 2.75) is 17.9 Å². The van der Waals surface area contributed by atoms with E-state index in [1.54, 1.807) is 0 Å². The molecule has 0 spiro atoms. The molecule has 0 bridgehead atoms. The van der Waals surface area contributed by atoms with Crippen molar-refractivity contribution in [3.05, 3.63) is 30.1 Å². The second-order valence-corrected chi connectivity index (χ2v) is 6.96. The van der Waals surface area contributed by atoms with Gasteiger partial charge in [0.05, 0.1) is 10.9 Å². The van der Waals surface area contributed by atoms with Gasteiger partial charge in [0.1, 0.15) is 11.7 Å². The number of hydrogen-bond donors (Lipinski definition) is 2. The van der Waals surface area contributed by atoms with Gasteiger partial charge in [-0.3, -0.25) is 10.3 Å². The summed E-state index contributed by atoms with van der Waals surface area (Å²) >= 11 is 0. The van der Waals surface area contributed by atoms with E-state index in [1.165, 1.54) is 16.4 Å². The maximum atomic E-state index is 12.9. The summed E-state index contributed by atoms with van der Waals surface area (Å²) in [5, 5.41) is 7.43. The van der Waals surface area contributed by atoms with Crippen molar-refractivity contribution in [2.75, 3.05) is 26.2 Å². The first-order valence-electron chi connectivity index (χ1n) is 6.66. The van der Waals surface area contributed by atoms with E-state index >= 15 is 0 Å². The number of nitrogens with one attached hydrogen (secondary N) is 1. The third-order valence-corrected chi connectivity index (χ3v) is 5.64. The molecule has 0 aliphatic carbocycles. The molecule has 6 nitrogen and oxygen atoms in total. The minimum atomic E-state index is -3.59.